The lowest BCUT2D eigenvalue weighted by Crippen LogP contribution is -2.55. The molecule has 1 aromatic carbocycles. The fourth-order valence-corrected chi connectivity index (χ4v) is 6.43. The lowest BCUT2D eigenvalue weighted by molar-refractivity contribution is -0.147. The number of ether oxygens (including phenoxy) is 2. The highest BCUT2D eigenvalue weighted by molar-refractivity contribution is 6.01. The molecular weight excluding hydrogens is 464 g/mol. The van der Waals surface area contributed by atoms with Crippen LogP contribution in [0, 0.1) is 17.8 Å². The average molecular weight is 491 g/mol. The zero-order chi connectivity index (χ0) is 25.2. The number of amides is 2. The highest BCUT2D eigenvalue weighted by Crippen LogP contribution is 2.60. The van der Waals surface area contributed by atoms with Gasteiger partial charge in [-0.05, 0) is 37.3 Å². The van der Waals surface area contributed by atoms with Crippen LogP contribution in [0.15, 0.2) is 59.2 Å². The Morgan fingerprint density at radius 1 is 1.22 bits per heavy atom. The van der Waals surface area contributed by atoms with Crippen molar-refractivity contribution in [3.63, 3.8) is 0 Å². The van der Waals surface area contributed by atoms with E-state index in [-0.39, 0.29) is 30.6 Å². The summed E-state index contributed by atoms with van der Waals surface area (Å²) in [5.74, 6) is -2.49. The minimum atomic E-state index is -1.06. The number of carbonyl (C=O) groups is 4. The Kier molecular flexibility index (Phi) is 5.15. The van der Waals surface area contributed by atoms with E-state index in [9.17, 15) is 19.2 Å². The average Bonchev–Trinajstić information content (AvgIpc) is 3.64. The molecule has 4 aliphatic heterocycles. The first-order valence-electron chi connectivity index (χ1n) is 12.2. The standard InChI is InChI=1S/C27H26N2O7/c1-3-34-26(33)15-6-4-7-16(12-15)28-24(31)21-20-9-10-27(36-20)22(21)25(32)29-17(19-8-5-11-35-19)13-18(30)14(2)23(27)29/h4-12,14,17,20-23H,3,13H2,1-2H3,(H,28,31)/t14-,17+,20+,21-,22+,23+,27-/m0/s1. The zero-order valence-corrected chi connectivity index (χ0v) is 19.9. The van der Waals surface area contributed by atoms with Gasteiger partial charge < -0.3 is 24.1 Å². The van der Waals surface area contributed by atoms with E-state index in [2.05, 4.69) is 5.32 Å². The first kappa shape index (κ1) is 22.7. The normalized spacial score (nSPS) is 34.0. The molecule has 0 saturated carbocycles. The number of furan rings is 1. The molecule has 1 spiro atoms. The number of esters is 1. The van der Waals surface area contributed by atoms with Gasteiger partial charge in [-0.2, -0.15) is 0 Å². The molecule has 2 aromatic rings. The van der Waals surface area contributed by atoms with Crippen molar-refractivity contribution in [2.75, 3.05) is 11.9 Å². The first-order chi connectivity index (χ1) is 17.4. The minimum Gasteiger partial charge on any atom is -0.467 e. The molecule has 0 radical (unpaired) electrons. The van der Waals surface area contributed by atoms with Crippen LogP contribution in [-0.2, 0) is 23.9 Å². The number of nitrogens with zero attached hydrogens (tertiary/aromatic N) is 1. The smallest absolute Gasteiger partial charge is 0.338 e. The Morgan fingerprint density at radius 2 is 2.06 bits per heavy atom. The topological polar surface area (TPSA) is 115 Å². The Bertz CT molecular complexity index is 1280. The van der Waals surface area contributed by atoms with Crippen LogP contribution in [0.1, 0.15) is 42.4 Å². The second-order valence-electron chi connectivity index (χ2n) is 9.77. The van der Waals surface area contributed by atoms with Crippen LogP contribution in [0.5, 0.6) is 0 Å². The van der Waals surface area contributed by atoms with Crippen molar-refractivity contribution >= 4 is 29.3 Å². The molecule has 3 fully saturated rings. The summed E-state index contributed by atoms with van der Waals surface area (Å²) in [7, 11) is 0. The van der Waals surface area contributed by atoms with Gasteiger partial charge in [-0.3, -0.25) is 14.4 Å². The van der Waals surface area contributed by atoms with E-state index in [0.717, 1.165) is 0 Å². The number of nitrogens with one attached hydrogen (secondary N) is 1. The third-order valence-corrected chi connectivity index (χ3v) is 7.90. The molecule has 1 N–H and O–H groups in total. The van der Waals surface area contributed by atoms with Crippen molar-refractivity contribution in [1.82, 2.24) is 4.90 Å². The lowest BCUT2D eigenvalue weighted by Gasteiger charge is -2.43. The van der Waals surface area contributed by atoms with Gasteiger partial charge in [0.15, 0.2) is 0 Å². The summed E-state index contributed by atoms with van der Waals surface area (Å²) < 4.78 is 17.0. The van der Waals surface area contributed by atoms with E-state index in [0.29, 0.717) is 17.0 Å². The maximum Gasteiger partial charge on any atom is 0.338 e. The van der Waals surface area contributed by atoms with Gasteiger partial charge in [0.25, 0.3) is 0 Å². The van der Waals surface area contributed by atoms with Crippen LogP contribution in [-0.4, -0.2) is 52.8 Å². The molecule has 1 aromatic heterocycles. The molecule has 3 saturated heterocycles. The quantitative estimate of drug-likeness (QED) is 0.506. The molecule has 9 heteroatoms. The van der Waals surface area contributed by atoms with Gasteiger partial charge in [-0.25, -0.2) is 4.79 Å². The maximum absolute atomic E-state index is 14.0. The maximum atomic E-state index is 14.0. The number of benzene rings is 1. The monoisotopic (exact) mass is 490 g/mol. The van der Waals surface area contributed by atoms with Crippen LogP contribution in [0.2, 0.25) is 0 Å². The van der Waals surface area contributed by atoms with Crippen molar-refractivity contribution in [1.29, 1.82) is 0 Å². The van der Waals surface area contributed by atoms with Gasteiger partial charge in [-0.15, -0.1) is 0 Å². The van der Waals surface area contributed by atoms with Crippen LogP contribution in [0.4, 0.5) is 5.69 Å². The molecule has 5 heterocycles. The van der Waals surface area contributed by atoms with Crippen molar-refractivity contribution < 1.29 is 33.1 Å². The fourth-order valence-electron chi connectivity index (χ4n) is 6.43. The van der Waals surface area contributed by atoms with Gasteiger partial charge in [0.1, 0.15) is 17.1 Å². The third kappa shape index (κ3) is 3.12. The Morgan fingerprint density at radius 3 is 2.81 bits per heavy atom. The van der Waals surface area contributed by atoms with Crippen LogP contribution in [0.25, 0.3) is 0 Å². The zero-order valence-electron chi connectivity index (χ0n) is 19.9. The molecule has 36 heavy (non-hydrogen) atoms. The first-order valence-corrected chi connectivity index (χ1v) is 12.2. The molecule has 7 atom stereocenters. The summed E-state index contributed by atoms with van der Waals surface area (Å²) in [6.45, 7) is 3.78. The SMILES string of the molecule is CCOC(=O)c1cccc(NC(=O)[C@H]2[C@H]3C=C[C@]4(O3)[C@H]2C(=O)N2[C@@H](c3ccco3)CC(=O)[C@H](C)[C@@H]24)c1. The summed E-state index contributed by atoms with van der Waals surface area (Å²) in [5.41, 5.74) is -0.318. The molecule has 2 bridgehead atoms. The van der Waals surface area contributed by atoms with Crippen molar-refractivity contribution in [2.45, 2.75) is 44.1 Å². The number of Topliss-reactive ketones (excluding diaryl/α,β-unsaturated/α-hetero) is 1. The molecule has 6 rings (SSSR count). The van der Waals surface area contributed by atoms with Crippen LogP contribution >= 0.6 is 0 Å². The van der Waals surface area contributed by atoms with E-state index in [1.165, 1.54) is 6.26 Å². The molecule has 0 unspecified atom stereocenters. The molecule has 186 valence electrons. The number of rotatable bonds is 5. The summed E-state index contributed by atoms with van der Waals surface area (Å²) in [6, 6.07) is 8.91. The second-order valence-corrected chi connectivity index (χ2v) is 9.77. The minimum absolute atomic E-state index is 0.0320. The highest BCUT2D eigenvalue weighted by atomic mass is 16.5. The number of fused-ring (bicyclic) bond motifs is 2. The molecule has 0 aliphatic carbocycles. The summed E-state index contributed by atoms with van der Waals surface area (Å²) >= 11 is 0. The van der Waals surface area contributed by atoms with Gasteiger partial charge in [0.2, 0.25) is 11.8 Å². The Labute approximate surface area is 207 Å². The largest absolute Gasteiger partial charge is 0.467 e. The lowest BCUT2D eigenvalue weighted by atomic mass is 9.70. The highest BCUT2D eigenvalue weighted by Gasteiger charge is 2.74. The van der Waals surface area contributed by atoms with Crippen molar-refractivity contribution in [2.24, 2.45) is 17.8 Å². The van der Waals surface area contributed by atoms with E-state index >= 15 is 0 Å². The van der Waals surface area contributed by atoms with E-state index in [4.69, 9.17) is 13.9 Å². The summed E-state index contributed by atoms with van der Waals surface area (Å²) in [4.78, 5) is 54.4. The number of ketones is 1. The van der Waals surface area contributed by atoms with Crippen molar-refractivity contribution in [3.05, 3.63) is 66.1 Å². The fraction of sp³-hybridized carbons (Fsp3) is 0.407. The van der Waals surface area contributed by atoms with Crippen LogP contribution in [0.3, 0.4) is 0 Å². The van der Waals surface area contributed by atoms with E-state index in [1.807, 2.05) is 19.1 Å². The number of hydrogen-bond acceptors (Lipinski definition) is 7. The Hall–Kier alpha value is -3.72. The number of hydrogen-bond donors (Lipinski definition) is 1. The summed E-state index contributed by atoms with van der Waals surface area (Å²) in [6.07, 6.45) is 4.78. The Balaban J connectivity index is 1.32. The van der Waals surface area contributed by atoms with E-state index in [1.54, 1.807) is 48.2 Å². The molecular formula is C27H26N2O7. The van der Waals surface area contributed by atoms with Gasteiger partial charge in [0, 0.05) is 18.0 Å². The predicted octanol–water partition coefficient (Wildman–Crippen LogP) is 2.90. The predicted molar refractivity (Wildman–Crippen MR) is 126 cm³/mol. The van der Waals surface area contributed by atoms with Gasteiger partial charge in [0.05, 0.1) is 48.5 Å². The van der Waals surface area contributed by atoms with Crippen molar-refractivity contribution in [3.8, 4) is 0 Å². The second kappa shape index (κ2) is 8.16. The molecule has 2 amide bonds. The molecule has 9 nitrogen and oxygen atoms in total. The number of anilines is 1. The van der Waals surface area contributed by atoms with Crippen LogP contribution < -0.4 is 5.32 Å². The molecule has 4 aliphatic rings. The summed E-state index contributed by atoms with van der Waals surface area (Å²) in [5, 5.41) is 2.86. The number of carbonyl (C=O) groups excluding carboxylic acids is 4. The van der Waals surface area contributed by atoms with Gasteiger partial charge >= 0.3 is 5.97 Å². The number of piperidine rings is 1. The van der Waals surface area contributed by atoms with Gasteiger partial charge in [-0.1, -0.05) is 25.1 Å². The third-order valence-electron chi connectivity index (χ3n) is 7.90. The van der Waals surface area contributed by atoms with E-state index < -0.39 is 47.5 Å².